The fourth-order valence-corrected chi connectivity index (χ4v) is 3.86. The topological polar surface area (TPSA) is 75.3 Å². The van der Waals surface area contributed by atoms with Crippen LogP contribution in [0.25, 0.3) is 0 Å². The van der Waals surface area contributed by atoms with Crippen LogP contribution in [0.4, 0.5) is 0 Å². The molecule has 5 nitrogen and oxygen atoms in total. The first-order valence-corrected chi connectivity index (χ1v) is 9.42. The predicted octanol–water partition coefficient (Wildman–Crippen LogP) is 2.44. The Bertz CT molecular complexity index is 606. The predicted molar refractivity (Wildman–Crippen MR) is 86.3 cm³/mol. The van der Waals surface area contributed by atoms with Crippen LogP contribution in [-0.2, 0) is 10.0 Å². The first-order chi connectivity index (χ1) is 10.5. The minimum atomic E-state index is -3.54. The molecule has 1 aliphatic carbocycles. The molecule has 1 aliphatic rings. The summed E-state index contributed by atoms with van der Waals surface area (Å²) in [5.74, 6) is -0.194. The zero-order valence-electron chi connectivity index (χ0n) is 13.0. The Morgan fingerprint density at radius 1 is 1.18 bits per heavy atom. The van der Waals surface area contributed by atoms with Crippen molar-refractivity contribution >= 4 is 15.9 Å². The average Bonchev–Trinajstić information content (AvgIpc) is 2.76. The van der Waals surface area contributed by atoms with Crippen LogP contribution in [-0.4, -0.2) is 26.9 Å². The lowest BCUT2D eigenvalue weighted by Crippen LogP contribution is -2.34. The summed E-state index contributed by atoms with van der Waals surface area (Å²) in [6, 6.07) is 6.39. The maximum atomic E-state index is 12.3. The molecule has 0 heterocycles. The van der Waals surface area contributed by atoms with Crippen LogP contribution < -0.4 is 10.0 Å². The van der Waals surface area contributed by atoms with Gasteiger partial charge < -0.3 is 5.32 Å². The quantitative estimate of drug-likeness (QED) is 0.817. The van der Waals surface area contributed by atoms with E-state index in [1.165, 1.54) is 25.0 Å². The van der Waals surface area contributed by atoms with Crippen LogP contribution in [0.2, 0.25) is 0 Å². The van der Waals surface area contributed by atoms with Crippen molar-refractivity contribution in [2.24, 2.45) is 0 Å². The number of nitrogens with one attached hydrogen (secondary N) is 2. The van der Waals surface area contributed by atoms with Crippen molar-refractivity contribution in [3.05, 3.63) is 29.8 Å². The summed E-state index contributed by atoms with van der Waals surface area (Å²) < 4.78 is 26.4. The average molecular weight is 324 g/mol. The van der Waals surface area contributed by atoms with Crippen molar-refractivity contribution in [1.82, 2.24) is 10.0 Å². The first kappa shape index (κ1) is 17.0. The first-order valence-electron chi connectivity index (χ1n) is 7.93. The van der Waals surface area contributed by atoms with Gasteiger partial charge in [0, 0.05) is 18.2 Å². The molecule has 2 rings (SSSR count). The molecule has 0 bridgehead atoms. The van der Waals surface area contributed by atoms with Gasteiger partial charge in [0.15, 0.2) is 0 Å². The van der Waals surface area contributed by atoms with Crippen molar-refractivity contribution in [2.75, 3.05) is 6.54 Å². The monoisotopic (exact) mass is 324 g/mol. The number of amides is 1. The van der Waals surface area contributed by atoms with Crippen molar-refractivity contribution in [3.63, 3.8) is 0 Å². The van der Waals surface area contributed by atoms with Crippen LogP contribution >= 0.6 is 0 Å². The molecule has 122 valence electrons. The normalized spacial score (nSPS) is 17.0. The number of rotatable bonds is 5. The highest BCUT2D eigenvalue weighted by atomic mass is 32.2. The SMILES string of the molecule is CCNS(=O)(=O)c1cccc(C(=O)NC2CCCCCC2)c1. The Morgan fingerprint density at radius 3 is 2.50 bits per heavy atom. The van der Waals surface area contributed by atoms with Gasteiger partial charge in [-0.2, -0.15) is 0 Å². The molecule has 22 heavy (non-hydrogen) atoms. The number of hydrogen-bond acceptors (Lipinski definition) is 3. The van der Waals surface area contributed by atoms with Gasteiger partial charge in [-0.1, -0.05) is 38.7 Å². The van der Waals surface area contributed by atoms with Gasteiger partial charge in [-0.15, -0.1) is 0 Å². The summed E-state index contributed by atoms with van der Waals surface area (Å²) in [6.45, 7) is 2.04. The lowest BCUT2D eigenvalue weighted by molar-refractivity contribution is 0.0933. The smallest absolute Gasteiger partial charge is 0.251 e. The van der Waals surface area contributed by atoms with Gasteiger partial charge in [0.2, 0.25) is 10.0 Å². The number of carbonyl (C=O) groups is 1. The standard InChI is InChI=1S/C16H24N2O3S/c1-2-17-22(20,21)15-11-7-8-13(12-15)16(19)18-14-9-5-3-4-6-10-14/h7-8,11-12,14,17H,2-6,9-10H2,1H3,(H,18,19). The number of benzene rings is 1. The zero-order valence-corrected chi connectivity index (χ0v) is 13.8. The second-order valence-corrected chi connectivity index (χ2v) is 7.46. The molecule has 0 unspecified atom stereocenters. The van der Waals surface area contributed by atoms with Gasteiger partial charge in [-0.05, 0) is 31.0 Å². The third-order valence-electron chi connectivity index (χ3n) is 3.93. The Kier molecular flexibility index (Phi) is 5.97. The summed E-state index contributed by atoms with van der Waals surface area (Å²) in [7, 11) is -3.54. The minimum Gasteiger partial charge on any atom is -0.349 e. The Labute approximate surface area is 132 Å². The summed E-state index contributed by atoms with van der Waals surface area (Å²) in [6.07, 6.45) is 6.73. The number of sulfonamides is 1. The molecule has 0 spiro atoms. The van der Waals surface area contributed by atoms with Crippen LogP contribution in [0.15, 0.2) is 29.2 Å². The van der Waals surface area contributed by atoms with Crippen molar-refractivity contribution in [1.29, 1.82) is 0 Å². The van der Waals surface area contributed by atoms with Gasteiger partial charge in [-0.25, -0.2) is 13.1 Å². The fraction of sp³-hybridized carbons (Fsp3) is 0.562. The molecule has 2 N–H and O–H groups in total. The lowest BCUT2D eigenvalue weighted by Gasteiger charge is -2.16. The summed E-state index contributed by atoms with van der Waals surface area (Å²) in [5.41, 5.74) is 0.392. The molecule has 0 saturated heterocycles. The number of hydrogen-bond donors (Lipinski definition) is 2. The van der Waals surface area contributed by atoms with Gasteiger partial charge in [0.05, 0.1) is 4.90 Å². The lowest BCUT2D eigenvalue weighted by atomic mass is 10.1. The summed E-state index contributed by atoms with van der Waals surface area (Å²) >= 11 is 0. The molecule has 1 aromatic carbocycles. The highest BCUT2D eigenvalue weighted by Crippen LogP contribution is 2.18. The molecule has 1 amide bonds. The Hall–Kier alpha value is -1.40. The maximum Gasteiger partial charge on any atom is 0.251 e. The van der Waals surface area contributed by atoms with Gasteiger partial charge in [-0.3, -0.25) is 4.79 Å². The largest absolute Gasteiger partial charge is 0.349 e. The minimum absolute atomic E-state index is 0.128. The molecule has 6 heteroatoms. The third-order valence-corrected chi connectivity index (χ3v) is 5.47. The van der Waals surface area contributed by atoms with Gasteiger partial charge >= 0.3 is 0 Å². The molecule has 1 fully saturated rings. The fourth-order valence-electron chi connectivity index (χ4n) is 2.77. The van der Waals surface area contributed by atoms with E-state index in [2.05, 4.69) is 10.0 Å². The van der Waals surface area contributed by atoms with E-state index < -0.39 is 10.0 Å². The second-order valence-electron chi connectivity index (χ2n) is 5.69. The van der Waals surface area contributed by atoms with E-state index in [1.807, 2.05) is 0 Å². The second kappa shape index (κ2) is 7.74. The number of carbonyl (C=O) groups excluding carboxylic acids is 1. The van der Waals surface area contributed by atoms with Gasteiger partial charge in [0.25, 0.3) is 5.91 Å². The van der Waals surface area contributed by atoms with Crippen molar-refractivity contribution in [2.45, 2.75) is 56.4 Å². The Morgan fingerprint density at radius 2 is 1.86 bits per heavy atom. The zero-order chi connectivity index (χ0) is 16.0. The van der Waals surface area contributed by atoms with Crippen LogP contribution in [0.3, 0.4) is 0 Å². The molecule has 0 aromatic heterocycles. The Balaban J connectivity index is 2.10. The van der Waals surface area contributed by atoms with Crippen LogP contribution in [0.5, 0.6) is 0 Å². The van der Waals surface area contributed by atoms with E-state index in [9.17, 15) is 13.2 Å². The molecular weight excluding hydrogens is 300 g/mol. The van der Waals surface area contributed by atoms with Crippen LogP contribution in [0.1, 0.15) is 55.8 Å². The molecule has 0 radical (unpaired) electrons. The van der Waals surface area contributed by atoms with Crippen molar-refractivity contribution < 1.29 is 13.2 Å². The van der Waals surface area contributed by atoms with Crippen molar-refractivity contribution in [3.8, 4) is 0 Å². The van der Waals surface area contributed by atoms with E-state index >= 15 is 0 Å². The maximum absolute atomic E-state index is 12.3. The highest BCUT2D eigenvalue weighted by molar-refractivity contribution is 7.89. The van der Waals surface area contributed by atoms with E-state index in [1.54, 1.807) is 19.1 Å². The van der Waals surface area contributed by atoms with E-state index in [-0.39, 0.29) is 16.8 Å². The third kappa shape index (κ3) is 4.55. The molecule has 0 atom stereocenters. The molecule has 0 aliphatic heterocycles. The van der Waals surface area contributed by atoms with Gasteiger partial charge in [0.1, 0.15) is 0 Å². The molecule has 1 aromatic rings. The highest BCUT2D eigenvalue weighted by Gasteiger charge is 2.18. The van der Waals surface area contributed by atoms with E-state index in [4.69, 9.17) is 0 Å². The summed E-state index contributed by atoms with van der Waals surface area (Å²) in [5, 5.41) is 3.03. The molecule has 1 saturated carbocycles. The van der Waals surface area contributed by atoms with Crippen LogP contribution in [0, 0.1) is 0 Å². The summed E-state index contributed by atoms with van der Waals surface area (Å²) in [4.78, 5) is 12.5. The molecular formula is C16H24N2O3S. The van der Waals surface area contributed by atoms with E-state index in [0.717, 1.165) is 25.7 Å². The van der Waals surface area contributed by atoms with E-state index in [0.29, 0.717) is 12.1 Å².